The average Bonchev–Trinajstić information content (AvgIpc) is 2.82. The molecule has 0 saturated carbocycles. The molecule has 1 aromatic heterocycles. The first-order chi connectivity index (χ1) is 15.9. The Morgan fingerprint density at radius 2 is 1.73 bits per heavy atom. The number of carbonyl (C=O) groups is 1. The normalized spacial score (nSPS) is 20.9. The van der Waals surface area contributed by atoms with Gasteiger partial charge in [-0.05, 0) is 57.1 Å². The van der Waals surface area contributed by atoms with E-state index in [2.05, 4.69) is 65.3 Å². The minimum Gasteiger partial charge on any atom is -0.382 e. The van der Waals surface area contributed by atoms with Gasteiger partial charge in [-0.15, -0.1) is 0 Å². The second-order valence-corrected chi connectivity index (χ2v) is 9.18. The zero-order chi connectivity index (χ0) is 23.1. The lowest BCUT2D eigenvalue weighted by molar-refractivity contribution is 0.0946. The van der Waals surface area contributed by atoms with Gasteiger partial charge >= 0.3 is 0 Å². The Hall–Kier alpha value is -3.45. The first kappa shape index (κ1) is 21.4. The van der Waals surface area contributed by atoms with Gasteiger partial charge in [-0.1, -0.05) is 18.2 Å². The van der Waals surface area contributed by atoms with Crippen LogP contribution in [0.15, 0.2) is 48.7 Å². The number of hydrogen-bond acceptors (Lipinski definition) is 6. The number of aromatic nitrogens is 2. The molecule has 2 aliphatic heterocycles. The molecule has 1 saturated heterocycles. The number of fused-ring (bicyclic) bond motifs is 1. The first-order valence-corrected chi connectivity index (χ1v) is 11.5. The van der Waals surface area contributed by atoms with E-state index in [-0.39, 0.29) is 5.91 Å². The van der Waals surface area contributed by atoms with Crippen molar-refractivity contribution in [3.63, 3.8) is 0 Å². The largest absolute Gasteiger partial charge is 0.382 e. The van der Waals surface area contributed by atoms with Gasteiger partial charge in [-0.25, -0.2) is 9.97 Å². The summed E-state index contributed by atoms with van der Waals surface area (Å²) in [6.45, 7) is 7.23. The van der Waals surface area contributed by atoms with Gasteiger partial charge < -0.3 is 16.0 Å². The fraction of sp³-hybridized carbons (Fsp3) is 0.346. The van der Waals surface area contributed by atoms with Crippen LogP contribution in [0.5, 0.6) is 0 Å². The molecule has 5 rings (SSSR count). The highest BCUT2D eigenvalue weighted by Gasteiger charge is 2.26. The van der Waals surface area contributed by atoms with Crippen LogP contribution in [-0.2, 0) is 6.42 Å². The van der Waals surface area contributed by atoms with Crippen molar-refractivity contribution in [1.29, 1.82) is 0 Å². The third-order valence-electron chi connectivity index (χ3n) is 6.99. The molecule has 0 bridgehead atoms. The Labute approximate surface area is 194 Å². The highest BCUT2D eigenvalue weighted by molar-refractivity contribution is 5.97. The summed E-state index contributed by atoms with van der Waals surface area (Å²) in [4.78, 5) is 26.2. The molecule has 3 N–H and O–H groups in total. The maximum Gasteiger partial charge on any atom is 0.251 e. The Kier molecular flexibility index (Phi) is 5.50. The fourth-order valence-corrected chi connectivity index (χ4v) is 4.78. The van der Waals surface area contributed by atoms with Crippen molar-refractivity contribution in [3.8, 4) is 22.5 Å². The van der Waals surface area contributed by atoms with Gasteiger partial charge in [0.05, 0.1) is 11.9 Å². The molecule has 1 fully saturated rings. The zero-order valence-corrected chi connectivity index (χ0v) is 19.4. The summed E-state index contributed by atoms with van der Waals surface area (Å²) in [5.41, 5.74) is 12.5. The molecule has 0 spiro atoms. The van der Waals surface area contributed by atoms with Gasteiger partial charge in [0.25, 0.3) is 5.91 Å². The number of piperazine rings is 1. The summed E-state index contributed by atoms with van der Waals surface area (Å²) in [5, 5.41) is 2.88. The minimum atomic E-state index is -0.0279. The predicted octanol–water partition coefficient (Wildman–Crippen LogP) is 3.21. The number of likely N-dealkylation sites (N-methyl/N-ethyl adjacent to an activating group) is 1. The predicted molar refractivity (Wildman–Crippen MR) is 132 cm³/mol. The van der Waals surface area contributed by atoms with E-state index in [9.17, 15) is 4.79 Å². The van der Waals surface area contributed by atoms with Crippen LogP contribution < -0.4 is 16.0 Å². The zero-order valence-electron chi connectivity index (χ0n) is 19.4. The molecule has 2 aromatic carbocycles. The van der Waals surface area contributed by atoms with Crippen LogP contribution in [0.4, 0.5) is 11.5 Å². The summed E-state index contributed by atoms with van der Waals surface area (Å²) < 4.78 is 0. The highest BCUT2D eigenvalue weighted by Crippen LogP contribution is 2.30. The summed E-state index contributed by atoms with van der Waals surface area (Å²) in [7, 11) is 2.20. The lowest BCUT2D eigenvalue weighted by Gasteiger charge is -2.43. The fourth-order valence-electron chi connectivity index (χ4n) is 4.78. The smallest absolute Gasteiger partial charge is 0.251 e. The van der Waals surface area contributed by atoms with Crippen LogP contribution in [0.2, 0.25) is 0 Å². The van der Waals surface area contributed by atoms with E-state index in [0.717, 1.165) is 47.5 Å². The number of nitrogens with one attached hydrogen (secondary N) is 1. The lowest BCUT2D eigenvalue weighted by Crippen LogP contribution is -2.55. The maximum absolute atomic E-state index is 12.1. The molecular weight excluding hydrogens is 412 g/mol. The van der Waals surface area contributed by atoms with Crippen molar-refractivity contribution in [1.82, 2.24) is 20.2 Å². The van der Waals surface area contributed by atoms with E-state index in [0.29, 0.717) is 30.1 Å². The number of rotatable bonds is 3. The average molecular weight is 443 g/mol. The summed E-state index contributed by atoms with van der Waals surface area (Å²) in [5.74, 6) is 0.357. The molecule has 170 valence electrons. The van der Waals surface area contributed by atoms with E-state index in [4.69, 9.17) is 10.7 Å². The molecule has 2 atom stereocenters. The second kappa shape index (κ2) is 8.48. The number of amides is 1. The van der Waals surface area contributed by atoms with Crippen LogP contribution in [0.3, 0.4) is 0 Å². The number of anilines is 2. The Balaban J connectivity index is 1.42. The van der Waals surface area contributed by atoms with E-state index in [1.807, 2.05) is 18.2 Å². The summed E-state index contributed by atoms with van der Waals surface area (Å²) in [6.07, 6.45) is 2.52. The Morgan fingerprint density at radius 1 is 1.03 bits per heavy atom. The van der Waals surface area contributed by atoms with Gasteiger partial charge in [0, 0.05) is 54.1 Å². The van der Waals surface area contributed by atoms with Gasteiger partial charge in [0.15, 0.2) is 0 Å². The molecule has 33 heavy (non-hydrogen) atoms. The van der Waals surface area contributed by atoms with Crippen LogP contribution in [0, 0.1) is 0 Å². The Morgan fingerprint density at radius 3 is 2.45 bits per heavy atom. The number of nitrogens with zero attached hydrogens (tertiary/aromatic N) is 4. The molecule has 7 nitrogen and oxygen atoms in total. The molecule has 0 aliphatic carbocycles. The van der Waals surface area contributed by atoms with Gasteiger partial charge in [0.2, 0.25) is 0 Å². The number of hydrogen-bond donors (Lipinski definition) is 2. The molecule has 0 unspecified atom stereocenters. The van der Waals surface area contributed by atoms with Crippen molar-refractivity contribution in [2.45, 2.75) is 32.4 Å². The Bertz CT molecular complexity index is 1180. The second-order valence-electron chi connectivity index (χ2n) is 9.18. The van der Waals surface area contributed by atoms with Crippen LogP contribution in [-0.4, -0.2) is 59.5 Å². The highest BCUT2D eigenvalue weighted by atomic mass is 16.1. The third-order valence-corrected chi connectivity index (χ3v) is 6.99. The number of benzene rings is 2. The van der Waals surface area contributed by atoms with E-state index < -0.39 is 0 Å². The van der Waals surface area contributed by atoms with Gasteiger partial charge in [-0.2, -0.15) is 0 Å². The third kappa shape index (κ3) is 4.04. The number of nitrogen functional groups attached to an aromatic ring is 1. The van der Waals surface area contributed by atoms with Crippen molar-refractivity contribution in [2.24, 2.45) is 0 Å². The van der Waals surface area contributed by atoms with Crippen molar-refractivity contribution in [2.75, 3.05) is 37.3 Å². The van der Waals surface area contributed by atoms with Crippen molar-refractivity contribution >= 4 is 17.4 Å². The topological polar surface area (TPSA) is 87.4 Å². The molecule has 7 heteroatoms. The van der Waals surface area contributed by atoms with Crippen LogP contribution in [0.1, 0.15) is 29.8 Å². The monoisotopic (exact) mass is 442 g/mol. The summed E-state index contributed by atoms with van der Waals surface area (Å²) in [6, 6.07) is 15.3. The SMILES string of the molecule is C[C@@H]1CN(c2ccc(-c3cnc(N)c(-c4ccc5c(c4)CCNC5=O)n3)cc2)C[C@H](C)N1C. The van der Waals surface area contributed by atoms with E-state index >= 15 is 0 Å². The van der Waals surface area contributed by atoms with Gasteiger partial charge in [-0.3, -0.25) is 9.69 Å². The first-order valence-electron chi connectivity index (χ1n) is 11.5. The molecule has 2 aliphatic rings. The quantitative estimate of drug-likeness (QED) is 0.648. The molecule has 3 aromatic rings. The van der Waals surface area contributed by atoms with Crippen molar-refractivity contribution in [3.05, 3.63) is 59.8 Å². The van der Waals surface area contributed by atoms with Gasteiger partial charge in [0.1, 0.15) is 11.5 Å². The maximum atomic E-state index is 12.1. The number of nitrogens with two attached hydrogens (primary N) is 1. The number of carbonyl (C=O) groups excluding carboxylic acids is 1. The molecule has 3 heterocycles. The van der Waals surface area contributed by atoms with E-state index in [1.54, 1.807) is 6.20 Å². The van der Waals surface area contributed by atoms with Crippen LogP contribution >= 0.6 is 0 Å². The lowest BCUT2D eigenvalue weighted by atomic mass is 9.96. The van der Waals surface area contributed by atoms with Crippen molar-refractivity contribution < 1.29 is 4.79 Å². The summed E-state index contributed by atoms with van der Waals surface area (Å²) >= 11 is 0. The molecular formula is C26H30N6O. The minimum absolute atomic E-state index is 0.0279. The molecule has 1 amide bonds. The molecule has 0 radical (unpaired) electrons. The standard InChI is InChI=1S/C26H30N6O/c1-16-14-32(15-17(2)31(16)3)21-7-4-18(5-8-21)23-13-29-25(27)24(30-23)20-6-9-22-19(12-20)10-11-28-26(22)33/h4-9,12-13,16-17H,10-11,14-15H2,1-3H3,(H2,27,29)(H,28,33)/t16-,17+. The van der Waals surface area contributed by atoms with Crippen LogP contribution in [0.25, 0.3) is 22.5 Å². The van der Waals surface area contributed by atoms with E-state index in [1.165, 1.54) is 5.69 Å².